The Morgan fingerprint density at radius 2 is 2.07 bits per heavy atom. The first-order valence-electron chi connectivity index (χ1n) is 8.30. The second kappa shape index (κ2) is 6.88. The number of nitrogens with zero attached hydrogens (tertiary/aromatic N) is 3. The zero-order valence-electron chi connectivity index (χ0n) is 14.7. The minimum absolute atomic E-state index is 0.0428. The normalized spacial score (nSPS) is 11.2. The third kappa shape index (κ3) is 3.31. The lowest BCUT2D eigenvalue weighted by atomic mass is 10.1. The van der Waals surface area contributed by atoms with Crippen LogP contribution in [-0.4, -0.2) is 26.8 Å². The van der Waals surface area contributed by atoms with Crippen LogP contribution in [0.5, 0.6) is 5.95 Å². The van der Waals surface area contributed by atoms with Gasteiger partial charge in [0.15, 0.2) is 11.1 Å². The Bertz CT molecular complexity index is 1120. The molecule has 2 aromatic carbocycles. The van der Waals surface area contributed by atoms with Crippen LogP contribution in [0.4, 0.5) is 0 Å². The maximum atomic E-state index is 12.7. The molecule has 0 saturated carbocycles. The van der Waals surface area contributed by atoms with Crippen molar-refractivity contribution in [3.05, 3.63) is 59.3 Å². The molecular weight excluding hydrogens is 364 g/mol. The number of thioether (sulfide) groups is 1. The SMILES string of the molecule is Cc1ccc(C)c(-[n+]2noc([O-])c2C(=O)CSc2nc3ccccc3[nH]2)c1. The number of fused-ring (bicyclic) bond motifs is 1. The standard InChI is InChI=1S/C19H16N4O3S/c1-11-7-8-12(2)15(9-11)23-17(18(25)26-22-23)16(24)10-27-19-20-13-5-3-4-6-14(13)21-19/h3-9H,10H2,1-2H3,(H-,20,21,22,24,25). The van der Waals surface area contributed by atoms with E-state index in [1.165, 1.54) is 16.4 Å². The number of carbonyl (C=O) groups is 1. The summed E-state index contributed by atoms with van der Waals surface area (Å²) >= 11 is 1.23. The first-order valence-corrected chi connectivity index (χ1v) is 9.29. The minimum atomic E-state index is -0.744. The van der Waals surface area contributed by atoms with Crippen molar-refractivity contribution < 1.29 is 19.1 Å². The van der Waals surface area contributed by atoms with Gasteiger partial charge < -0.3 is 14.6 Å². The van der Waals surface area contributed by atoms with Gasteiger partial charge in [0.25, 0.3) is 0 Å². The summed E-state index contributed by atoms with van der Waals surface area (Å²) in [4.78, 5) is 20.3. The lowest BCUT2D eigenvalue weighted by molar-refractivity contribution is -0.672. The Balaban J connectivity index is 1.60. The summed E-state index contributed by atoms with van der Waals surface area (Å²) in [5, 5.41) is 16.5. The van der Waals surface area contributed by atoms with Crippen LogP contribution in [0.1, 0.15) is 21.6 Å². The number of aryl methyl sites for hydroxylation is 2. The molecule has 27 heavy (non-hydrogen) atoms. The summed E-state index contributed by atoms with van der Waals surface area (Å²) in [6, 6.07) is 13.3. The lowest BCUT2D eigenvalue weighted by Gasteiger charge is -2.01. The van der Waals surface area contributed by atoms with Crippen molar-refractivity contribution in [1.82, 2.24) is 15.2 Å². The Morgan fingerprint density at radius 1 is 1.26 bits per heavy atom. The van der Waals surface area contributed by atoms with Crippen molar-refractivity contribution in [2.24, 2.45) is 0 Å². The van der Waals surface area contributed by atoms with Crippen LogP contribution >= 0.6 is 11.8 Å². The molecular formula is C19H16N4O3S. The molecule has 0 spiro atoms. The van der Waals surface area contributed by atoms with Crippen molar-refractivity contribution >= 4 is 28.6 Å². The van der Waals surface area contributed by atoms with Gasteiger partial charge in [-0.1, -0.05) is 36.0 Å². The number of aromatic nitrogens is 4. The van der Waals surface area contributed by atoms with Gasteiger partial charge in [-0.2, -0.15) is 0 Å². The topological polar surface area (TPSA) is 98.7 Å². The highest BCUT2D eigenvalue weighted by Gasteiger charge is 2.29. The molecule has 0 atom stereocenters. The van der Waals surface area contributed by atoms with Crippen molar-refractivity contribution in [3.8, 4) is 11.6 Å². The third-order valence-corrected chi connectivity index (χ3v) is 5.05. The lowest BCUT2D eigenvalue weighted by Crippen LogP contribution is -2.40. The van der Waals surface area contributed by atoms with Gasteiger partial charge in [-0.25, -0.2) is 4.98 Å². The van der Waals surface area contributed by atoms with Gasteiger partial charge in [0.1, 0.15) is 0 Å². The van der Waals surface area contributed by atoms with Gasteiger partial charge in [0.2, 0.25) is 11.5 Å². The molecule has 0 aliphatic heterocycles. The van der Waals surface area contributed by atoms with Gasteiger partial charge in [-0.3, -0.25) is 4.79 Å². The highest BCUT2D eigenvalue weighted by molar-refractivity contribution is 7.99. The van der Waals surface area contributed by atoms with E-state index in [1.807, 2.05) is 56.3 Å². The first kappa shape index (κ1) is 17.3. The highest BCUT2D eigenvalue weighted by atomic mass is 32.2. The molecule has 0 amide bonds. The zero-order chi connectivity index (χ0) is 19.0. The van der Waals surface area contributed by atoms with Crippen molar-refractivity contribution in [2.45, 2.75) is 19.0 Å². The van der Waals surface area contributed by atoms with Crippen LogP contribution in [0.15, 0.2) is 52.1 Å². The molecule has 0 unspecified atom stereocenters. The number of hydrogen-bond acceptors (Lipinski definition) is 6. The molecule has 0 fully saturated rings. The number of hydrogen-bond donors (Lipinski definition) is 1. The number of para-hydroxylation sites is 2. The van der Waals surface area contributed by atoms with E-state index < -0.39 is 5.95 Å². The summed E-state index contributed by atoms with van der Waals surface area (Å²) in [6.45, 7) is 3.82. The molecule has 2 aromatic heterocycles. The predicted octanol–water partition coefficient (Wildman–Crippen LogP) is 2.49. The monoisotopic (exact) mass is 380 g/mol. The number of nitrogens with one attached hydrogen (secondary N) is 1. The van der Waals surface area contributed by atoms with Crippen molar-refractivity contribution in [3.63, 3.8) is 0 Å². The molecule has 0 aliphatic rings. The quantitative estimate of drug-likeness (QED) is 0.324. The van der Waals surface area contributed by atoms with E-state index in [2.05, 4.69) is 15.2 Å². The summed E-state index contributed by atoms with van der Waals surface area (Å²) in [6.07, 6.45) is 0. The molecule has 7 nitrogen and oxygen atoms in total. The van der Waals surface area contributed by atoms with Gasteiger partial charge in [0.05, 0.1) is 22.1 Å². The fraction of sp³-hybridized carbons (Fsp3) is 0.158. The van der Waals surface area contributed by atoms with Crippen molar-refractivity contribution in [1.29, 1.82) is 0 Å². The predicted molar refractivity (Wildman–Crippen MR) is 98.1 cm³/mol. The van der Waals surface area contributed by atoms with E-state index in [4.69, 9.17) is 4.52 Å². The van der Waals surface area contributed by atoms with E-state index in [0.29, 0.717) is 10.8 Å². The largest absolute Gasteiger partial charge is 0.539 e. The van der Waals surface area contributed by atoms with E-state index in [0.717, 1.165) is 22.2 Å². The summed E-state index contributed by atoms with van der Waals surface area (Å²) < 4.78 is 6.05. The van der Waals surface area contributed by atoms with Gasteiger partial charge in [-0.05, 0) is 36.2 Å². The molecule has 0 radical (unpaired) electrons. The number of imidazole rings is 1. The van der Waals surface area contributed by atoms with Crippen LogP contribution in [0.2, 0.25) is 0 Å². The maximum absolute atomic E-state index is 12.7. The molecule has 0 aliphatic carbocycles. The summed E-state index contributed by atoms with van der Waals surface area (Å²) in [5.74, 6) is -1.07. The molecule has 0 saturated heterocycles. The fourth-order valence-electron chi connectivity index (χ4n) is 2.79. The van der Waals surface area contributed by atoms with Gasteiger partial charge in [-0.15, -0.1) is 0 Å². The molecule has 2 heterocycles. The molecule has 4 rings (SSSR count). The van der Waals surface area contributed by atoms with E-state index in [-0.39, 0.29) is 17.2 Å². The van der Waals surface area contributed by atoms with Crippen molar-refractivity contribution in [2.75, 3.05) is 5.75 Å². The fourth-order valence-corrected chi connectivity index (χ4v) is 3.54. The number of ketones is 1. The first-order chi connectivity index (χ1) is 13.0. The molecule has 1 N–H and O–H groups in total. The Hall–Kier alpha value is -3.13. The van der Waals surface area contributed by atoms with E-state index in [9.17, 15) is 9.90 Å². The van der Waals surface area contributed by atoms with Gasteiger partial charge >= 0.3 is 5.69 Å². The number of H-pyrrole nitrogens is 1. The number of aromatic amines is 1. The van der Waals surface area contributed by atoms with E-state index in [1.54, 1.807) is 0 Å². The Morgan fingerprint density at radius 3 is 2.89 bits per heavy atom. The van der Waals surface area contributed by atoms with Crippen LogP contribution in [0.25, 0.3) is 16.7 Å². The summed E-state index contributed by atoms with van der Waals surface area (Å²) in [5.41, 5.74) is 4.16. The van der Waals surface area contributed by atoms with Crippen LogP contribution in [0, 0.1) is 13.8 Å². The highest BCUT2D eigenvalue weighted by Crippen LogP contribution is 2.22. The zero-order valence-corrected chi connectivity index (χ0v) is 15.5. The van der Waals surface area contributed by atoms with E-state index >= 15 is 0 Å². The average molecular weight is 380 g/mol. The Labute approximate surface area is 159 Å². The van der Waals surface area contributed by atoms with Crippen LogP contribution < -0.4 is 9.79 Å². The molecule has 4 aromatic rings. The smallest absolute Gasteiger partial charge is 0.307 e. The Kier molecular flexibility index (Phi) is 4.41. The maximum Gasteiger partial charge on any atom is 0.307 e. The number of carbonyl (C=O) groups excluding carboxylic acids is 1. The van der Waals surface area contributed by atoms with Crippen LogP contribution in [0.3, 0.4) is 0 Å². The second-order valence-corrected chi connectivity index (χ2v) is 7.15. The third-order valence-electron chi connectivity index (χ3n) is 4.18. The number of Topliss-reactive ketones (excluding diaryl/α,β-unsaturated/α-hetero) is 1. The number of rotatable bonds is 5. The molecule has 136 valence electrons. The summed E-state index contributed by atoms with van der Waals surface area (Å²) in [7, 11) is 0. The number of benzene rings is 2. The average Bonchev–Trinajstić information content (AvgIpc) is 3.24. The molecule has 8 heteroatoms. The molecule has 0 bridgehead atoms. The van der Waals surface area contributed by atoms with Crippen LogP contribution in [-0.2, 0) is 0 Å². The minimum Gasteiger partial charge on any atom is -0.539 e. The second-order valence-electron chi connectivity index (χ2n) is 6.18. The van der Waals surface area contributed by atoms with Gasteiger partial charge in [0, 0.05) is 11.6 Å².